The molecule has 39 heavy (non-hydrogen) atoms. The maximum absolute atomic E-state index is 12.2. The van der Waals surface area contributed by atoms with Crippen LogP contribution >= 0.6 is 0 Å². The van der Waals surface area contributed by atoms with Crippen LogP contribution in [0.25, 0.3) is 0 Å². The first-order valence-corrected chi connectivity index (χ1v) is 14.1. The van der Waals surface area contributed by atoms with E-state index in [1.165, 1.54) is 5.56 Å². The number of fused-ring (bicyclic) bond motifs is 1. The number of carboxylic acid groups (broad SMARTS) is 1. The van der Waals surface area contributed by atoms with Gasteiger partial charge in [-0.1, -0.05) is 32.0 Å². The molecule has 2 heterocycles. The largest absolute Gasteiger partial charge is 0.493 e. The van der Waals surface area contributed by atoms with Crippen molar-refractivity contribution in [3.8, 4) is 11.5 Å². The minimum absolute atomic E-state index is 0.170. The number of carbonyl (C=O) groups excluding carboxylic acids is 1. The van der Waals surface area contributed by atoms with Gasteiger partial charge in [0.1, 0.15) is 18.5 Å². The average Bonchev–Trinajstić information content (AvgIpc) is 2.92. The minimum atomic E-state index is -1.01. The third-order valence-electron chi connectivity index (χ3n) is 6.80. The lowest BCUT2D eigenvalue weighted by Gasteiger charge is -2.25. The molecule has 1 aromatic heterocycles. The maximum Gasteiger partial charge on any atom is 0.326 e. The summed E-state index contributed by atoms with van der Waals surface area (Å²) in [6.45, 7) is 7.26. The number of para-hydroxylation sites is 2. The number of amides is 1. The number of nitrogens with zero attached hydrogens (tertiary/aromatic N) is 2. The number of ether oxygens (including phenoxy) is 2. The smallest absolute Gasteiger partial charge is 0.326 e. The molecule has 0 aliphatic carbocycles. The Morgan fingerprint density at radius 2 is 1.90 bits per heavy atom. The number of hydrogen-bond acceptors (Lipinski definition) is 7. The quantitative estimate of drug-likeness (QED) is 0.257. The summed E-state index contributed by atoms with van der Waals surface area (Å²) in [6, 6.07) is 10.9. The van der Waals surface area contributed by atoms with Crippen LogP contribution in [-0.2, 0) is 22.4 Å². The minimum Gasteiger partial charge on any atom is -0.493 e. The summed E-state index contributed by atoms with van der Waals surface area (Å²) >= 11 is 0. The molecule has 0 saturated heterocycles. The van der Waals surface area contributed by atoms with Crippen LogP contribution in [0, 0.1) is 5.92 Å². The monoisotopic (exact) mass is 540 g/mol. The summed E-state index contributed by atoms with van der Waals surface area (Å²) in [6.07, 6.45) is 5.68. The molecule has 9 nitrogen and oxygen atoms in total. The molecule has 214 valence electrons. The first-order chi connectivity index (χ1) is 18.9. The van der Waals surface area contributed by atoms with E-state index in [2.05, 4.69) is 27.7 Å². The Labute approximate surface area is 232 Å². The van der Waals surface area contributed by atoms with Crippen LogP contribution < -0.4 is 20.1 Å². The predicted octanol–water partition coefficient (Wildman–Crippen LogP) is 4.16. The fourth-order valence-electron chi connectivity index (χ4n) is 4.70. The number of hydrogen-bond donors (Lipinski definition) is 3. The molecule has 1 aromatic carbocycles. The number of pyridine rings is 1. The van der Waals surface area contributed by atoms with Gasteiger partial charge in [-0.2, -0.15) is 0 Å². The Morgan fingerprint density at radius 1 is 1.10 bits per heavy atom. The molecule has 0 spiro atoms. The number of methoxy groups -OCH3 is 1. The Hall–Kier alpha value is -3.33. The van der Waals surface area contributed by atoms with Crippen LogP contribution in [0.1, 0.15) is 57.2 Å². The number of rotatable bonds is 17. The summed E-state index contributed by atoms with van der Waals surface area (Å²) < 4.78 is 11.4. The van der Waals surface area contributed by atoms with E-state index in [4.69, 9.17) is 14.5 Å². The molecule has 0 unspecified atom stereocenters. The van der Waals surface area contributed by atoms with Gasteiger partial charge in [-0.25, -0.2) is 9.78 Å². The van der Waals surface area contributed by atoms with Crippen molar-refractivity contribution in [2.75, 3.05) is 45.2 Å². The van der Waals surface area contributed by atoms with E-state index in [1.807, 2.05) is 38.1 Å². The average molecular weight is 541 g/mol. The van der Waals surface area contributed by atoms with Crippen LogP contribution in [0.2, 0.25) is 0 Å². The zero-order chi connectivity index (χ0) is 28.0. The predicted molar refractivity (Wildman–Crippen MR) is 153 cm³/mol. The highest BCUT2D eigenvalue weighted by Crippen LogP contribution is 2.25. The summed E-state index contributed by atoms with van der Waals surface area (Å²) in [5, 5.41) is 15.8. The molecule has 3 rings (SSSR count). The molecule has 9 heteroatoms. The van der Waals surface area contributed by atoms with E-state index in [0.29, 0.717) is 44.0 Å². The van der Waals surface area contributed by atoms with Crippen molar-refractivity contribution in [2.24, 2.45) is 5.92 Å². The second-order valence-electron chi connectivity index (χ2n) is 10.5. The lowest BCUT2D eigenvalue weighted by molar-refractivity contribution is -0.142. The number of aromatic nitrogens is 1. The van der Waals surface area contributed by atoms with Crippen LogP contribution in [0.4, 0.5) is 5.82 Å². The third kappa shape index (κ3) is 10.4. The number of benzene rings is 1. The lowest BCUT2D eigenvalue weighted by atomic mass is 10.1. The molecule has 1 atom stereocenters. The molecule has 3 N–H and O–H groups in total. The van der Waals surface area contributed by atoms with Gasteiger partial charge >= 0.3 is 5.97 Å². The zero-order valence-electron chi connectivity index (χ0n) is 23.6. The highest BCUT2D eigenvalue weighted by Gasteiger charge is 2.21. The van der Waals surface area contributed by atoms with Gasteiger partial charge in [0.2, 0.25) is 5.91 Å². The summed E-state index contributed by atoms with van der Waals surface area (Å²) in [5.74, 6) is 1.31. The van der Waals surface area contributed by atoms with Crippen molar-refractivity contribution in [1.29, 1.82) is 0 Å². The van der Waals surface area contributed by atoms with E-state index < -0.39 is 12.0 Å². The SMILES string of the molecule is COc1ccccc1OCCN(CCCCc1ccc2c(n1)NCCC2)CC[C@H](NC(=O)CC(C)C)C(=O)O. The number of carboxylic acids is 1. The second kappa shape index (κ2) is 15.9. The van der Waals surface area contributed by atoms with Crippen molar-refractivity contribution < 1.29 is 24.2 Å². The number of unbranched alkanes of at least 4 members (excludes halogenated alkanes) is 1. The van der Waals surface area contributed by atoms with E-state index in [1.54, 1.807) is 7.11 Å². The van der Waals surface area contributed by atoms with Gasteiger partial charge in [-0.15, -0.1) is 0 Å². The highest BCUT2D eigenvalue weighted by atomic mass is 16.5. The van der Waals surface area contributed by atoms with Crippen molar-refractivity contribution in [1.82, 2.24) is 15.2 Å². The fourth-order valence-corrected chi connectivity index (χ4v) is 4.70. The molecule has 1 amide bonds. The molecule has 1 aliphatic heterocycles. The van der Waals surface area contributed by atoms with Crippen molar-refractivity contribution in [2.45, 2.75) is 64.8 Å². The summed E-state index contributed by atoms with van der Waals surface area (Å²) in [5.41, 5.74) is 2.38. The normalized spacial score (nSPS) is 13.5. The molecule has 1 aliphatic rings. The van der Waals surface area contributed by atoms with Crippen molar-refractivity contribution >= 4 is 17.7 Å². The van der Waals surface area contributed by atoms with E-state index in [-0.39, 0.29) is 11.8 Å². The summed E-state index contributed by atoms with van der Waals surface area (Å²) in [4.78, 5) is 31.1. The molecular formula is C30H44N4O5. The number of anilines is 1. The Bertz CT molecular complexity index is 1060. The molecular weight excluding hydrogens is 496 g/mol. The topological polar surface area (TPSA) is 113 Å². The van der Waals surface area contributed by atoms with Crippen LogP contribution in [0.15, 0.2) is 36.4 Å². The van der Waals surface area contributed by atoms with E-state index in [0.717, 1.165) is 56.7 Å². The van der Waals surface area contributed by atoms with Gasteiger partial charge in [-0.05, 0) is 74.8 Å². The maximum atomic E-state index is 12.2. The fraction of sp³-hybridized carbons (Fsp3) is 0.567. The Balaban J connectivity index is 1.54. The van der Waals surface area contributed by atoms with E-state index >= 15 is 0 Å². The Morgan fingerprint density at radius 3 is 2.64 bits per heavy atom. The first kappa shape index (κ1) is 30.2. The molecule has 2 aromatic rings. The molecule has 0 radical (unpaired) electrons. The molecule has 0 saturated carbocycles. The van der Waals surface area contributed by atoms with Crippen LogP contribution in [-0.4, -0.2) is 72.8 Å². The molecule has 0 fully saturated rings. The number of carbonyl (C=O) groups is 2. The second-order valence-corrected chi connectivity index (χ2v) is 10.5. The van der Waals surface area contributed by atoms with Crippen molar-refractivity contribution in [3.63, 3.8) is 0 Å². The standard InChI is InChI=1S/C30H44N4O5/c1-22(2)21-28(35)33-25(30(36)37)15-18-34(19-20-39-27-12-5-4-11-26(27)38-3)17-7-6-10-24-14-13-23-9-8-16-31-29(23)32-24/h4-5,11-14,22,25H,6-10,15-21H2,1-3H3,(H,31,32)(H,33,35)(H,36,37)/t25-/m0/s1. The summed E-state index contributed by atoms with van der Waals surface area (Å²) in [7, 11) is 1.61. The third-order valence-corrected chi connectivity index (χ3v) is 6.80. The number of nitrogens with one attached hydrogen (secondary N) is 2. The van der Waals surface area contributed by atoms with Crippen molar-refractivity contribution in [3.05, 3.63) is 47.7 Å². The van der Waals surface area contributed by atoms with Gasteiger partial charge in [0.05, 0.1) is 7.11 Å². The van der Waals surface area contributed by atoms with Crippen LogP contribution in [0.5, 0.6) is 11.5 Å². The number of aryl methyl sites for hydroxylation is 2. The molecule has 0 bridgehead atoms. The van der Waals surface area contributed by atoms with E-state index in [9.17, 15) is 14.7 Å². The first-order valence-electron chi connectivity index (χ1n) is 14.1. The lowest BCUT2D eigenvalue weighted by Crippen LogP contribution is -2.44. The van der Waals surface area contributed by atoms with Crippen LogP contribution in [0.3, 0.4) is 0 Å². The number of aliphatic carboxylic acids is 1. The highest BCUT2D eigenvalue weighted by molar-refractivity contribution is 5.83. The Kier molecular flexibility index (Phi) is 12.3. The van der Waals surface area contributed by atoms with Gasteiger partial charge in [0.15, 0.2) is 11.5 Å². The van der Waals surface area contributed by atoms with Gasteiger partial charge in [-0.3, -0.25) is 9.69 Å². The van der Waals surface area contributed by atoms with Gasteiger partial charge < -0.3 is 25.2 Å². The van der Waals surface area contributed by atoms with Gasteiger partial charge in [0, 0.05) is 31.7 Å². The zero-order valence-corrected chi connectivity index (χ0v) is 23.6. The van der Waals surface area contributed by atoms with Gasteiger partial charge in [0.25, 0.3) is 0 Å².